The van der Waals surface area contributed by atoms with Gasteiger partial charge < -0.3 is 15.8 Å². The first-order valence-corrected chi connectivity index (χ1v) is 9.60. The minimum absolute atomic E-state index is 0.133. The Kier molecular flexibility index (Phi) is 6.61. The van der Waals surface area contributed by atoms with Crippen LogP contribution in [0.3, 0.4) is 0 Å². The molecule has 0 aromatic heterocycles. The summed E-state index contributed by atoms with van der Waals surface area (Å²) in [6.45, 7) is 1.46. The molecular formula is C22H25N3O4. The molecule has 3 rings (SSSR count). The summed E-state index contributed by atoms with van der Waals surface area (Å²) in [5.41, 5.74) is 8.09. The van der Waals surface area contributed by atoms with Gasteiger partial charge in [-0.2, -0.15) is 0 Å². The highest BCUT2D eigenvalue weighted by atomic mass is 16.5. The zero-order valence-corrected chi connectivity index (χ0v) is 16.3. The smallest absolute Gasteiger partial charge is 0.326 e. The Morgan fingerprint density at radius 1 is 1.17 bits per heavy atom. The summed E-state index contributed by atoms with van der Waals surface area (Å²) in [5.74, 6) is -1.27. The van der Waals surface area contributed by atoms with Gasteiger partial charge in [-0.15, -0.1) is 0 Å². The van der Waals surface area contributed by atoms with Crippen molar-refractivity contribution in [2.45, 2.75) is 38.5 Å². The Labute approximate surface area is 169 Å². The molecule has 1 aliphatic heterocycles. The fourth-order valence-electron chi connectivity index (χ4n) is 3.23. The van der Waals surface area contributed by atoms with Gasteiger partial charge in [0, 0.05) is 5.69 Å². The molecule has 1 heterocycles. The number of nitrogens with zero attached hydrogens (tertiary/aromatic N) is 1. The van der Waals surface area contributed by atoms with Crippen molar-refractivity contribution < 1.29 is 19.1 Å². The van der Waals surface area contributed by atoms with E-state index in [-0.39, 0.29) is 19.1 Å². The third kappa shape index (κ3) is 5.20. The van der Waals surface area contributed by atoms with Gasteiger partial charge in [0.2, 0.25) is 11.8 Å². The number of carbonyl (C=O) groups excluding carboxylic acids is 3. The molecule has 0 saturated heterocycles. The highest BCUT2D eigenvalue weighted by Gasteiger charge is 2.33. The first kappa shape index (κ1) is 20.5. The topological polar surface area (TPSA) is 102 Å². The van der Waals surface area contributed by atoms with Gasteiger partial charge in [0.1, 0.15) is 19.2 Å². The van der Waals surface area contributed by atoms with E-state index in [1.165, 1.54) is 4.90 Å². The van der Waals surface area contributed by atoms with Crippen molar-refractivity contribution in [3.05, 3.63) is 65.7 Å². The number of para-hydroxylation sites is 1. The second-order valence-electron chi connectivity index (χ2n) is 7.09. The molecule has 2 aromatic rings. The maximum atomic E-state index is 13.1. The third-order valence-corrected chi connectivity index (χ3v) is 4.81. The largest absolute Gasteiger partial charge is 0.459 e. The minimum atomic E-state index is -0.747. The number of fused-ring (bicyclic) bond motifs is 1. The van der Waals surface area contributed by atoms with Crippen LogP contribution in [0.15, 0.2) is 54.6 Å². The lowest BCUT2D eigenvalue weighted by molar-refractivity contribution is -0.144. The van der Waals surface area contributed by atoms with E-state index in [9.17, 15) is 14.4 Å². The number of anilines is 1. The van der Waals surface area contributed by atoms with Crippen LogP contribution in [-0.2, 0) is 32.1 Å². The number of aryl methyl sites for hydroxylation is 1. The summed E-state index contributed by atoms with van der Waals surface area (Å²) in [7, 11) is 0. The molecular weight excluding hydrogens is 370 g/mol. The normalized spacial score (nSPS) is 17.1. The highest BCUT2D eigenvalue weighted by molar-refractivity contribution is 6.03. The molecule has 0 bridgehead atoms. The summed E-state index contributed by atoms with van der Waals surface area (Å²) in [6.07, 6.45) is 1.03. The second kappa shape index (κ2) is 9.34. The molecule has 0 fully saturated rings. The van der Waals surface area contributed by atoms with E-state index in [0.717, 1.165) is 11.1 Å². The third-order valence-electron chi connectivity index (χ3n) is 4.81. The number of hydrogen-bond donors (Lipinski definition) is 2. The van der Waals surface area contributed by atoms with Crippen LogP contribution in [0.1, 0.15) is 24.5 Å². The highest BCUT2D eigenvalue weighted by Crippen LogP contribution is 2.27. The molecule has 0 aliphatic carbocycles. The van der Waals surface area contributed by atoms with E-state index in [1.54, 1.807) is 13.0 Å². The van der Waals surface area contributed by atoms with Gasteiger partial charge in [-0.1, -0.05) is 48.5 Å². The summed E-state index contributed by atoms with van der Waals surface area (Å²) in [6, 6.07) is 15.3. The van der Waals surface area contributed by atoms with Gasteiger partial charge in [-0.05, 0) is 37.0 Å². The van der Waals surface area contributed by atoms with E-state index in [1.807, 2.05) is 48.5 Å². The van der Waals surface area contributed by atoms with Gasteiger partial charge in [-0.25, -0.2) is 0 Å². The number of ether oxygens (including phenoxy) is 1. The monoisotopic (exact) mass is 395 g/mol. The molecule has 0 saturated carbocycles. The molecule has 1 aliphatic rings. The fraction of sp³-hybridized carbons (Fsp3) is 0.318. The number of benzene rings is 2. The molecule has 2 amide bonds. The van der Waals surface area contributed by atoms with Crippen LogP contribution in [0.4, 0.5) is 5.69 Å². The first-order valence-electron chi connectivity index (χ1n) is 9.60. The summed E-state index contributed by atoms with van der Waals surface area (Å²) in [4.78, 5) is 39.0. The minimum Gasteiger partial charge on any atom is -0.459 e. The Morgan fingerprint density at radius 3 is 2.59 bits per heavy atom. The van der Waals surface area contributed by atoms with E-state index in [0.29, 0.717) is 18.5 Å². The maximum absolute atomic E-state index is 13.1. The van der Waals surface area contributed by atoms with Gasteiger partial charge in [-0.3, -0.25) is 19.3 Å². The Bertz CT molecular complexity index is 883. The molecule has 0 radical (unpaired) electrons. The van der Waals surface area contributed by atoms with Crippen molar-refractivity contribution in [2.24, 2.45) is 5.73 Å². The number of rotatable bonds is 6. The Morgan fingerprint density at radius 2 is 1.86 bits per heavy atom. The number of nitrogens with one attached hydrogen (secondary N) is 1. The van der Waals surface area contributed by atoms with Gasteiger partial charge in [0.05, 0.1) is 6.04 Å². The van der Waals surface area contributed by atoms with E-state index in [2.05, 4.69) is 5.32 Å². The van der Waals surface area contributed by atoms with E-state index < -0.39 is 24.0 Å². The SMILES string of the molecule is C[C@H](N)C(=O)N[C@H]1CCc2ccccc2N(CC(=O)OCc2ccccc2)C1=O. The summed E-state index contributed by atoms with van der Waals surface area (Å²) < 4.78 is 5.35. The molecule has 7 heteroatoms. The van der Waals surface area contributed by atoms with E-state index in [4.69, 9.17) is 10.5 Å². The first-order chi connectivity index (χ1) is 14.0. The molecule has 0 spiro atoms. The molecule has 3 N–H and O–H groups in total. The predicted octanol–water partition coefficient (Wildman–Crippen LogP) is 1.54. The average Bonchev–Trinajstić information content (AvgIpc) is 2.85. The molecule has 2 aromatic carbocycles. The quantitative estimate of drug-likeness (QED) is 0.723. The van der Waals surface area contributed by atoms with Crippen LogP contribution in [-0.4, -0.2) is 36.4 Å². The molecule has 7 nitrogen and oxygen atoms in total. The molecule has 0 unspecified atom stereocenters. The number of hydrogen-bond acceptors (Lipinski definition) is 5. The predicted molar refractivity (Wildman–Crippen MR) is 109 cm³/mol. The van der Waals surface area contributed by atoms with Crippen molar-refractivity contribution in [3.8, 4) is 0 Å². The number of nitrogens with two attached hydrogens (primary N) is 1. The van der Waals surface area contributed by atoms with Crippen LogP contribution in [0.5, 0.6) is 0 Å². The van der Waals surface area contributed by atoms with Gasteiger partial charge in [0.15, 0.2) is 0 Å². The van der Waals surface area contributed by atoms with Crippen LogP contribution in [0.25, 0.3) is 0 Å². The van der Waals surface area contributed by atoms with Crippen molar-refractivity contribution >= 4 is 23.5 Å². The lowest BCUT2D eigenvalue weighted by Gasteiger charge is -2.25. The number of amides is 2. The van der Waals surface area contributed by atoms with Gasteiger partial charge >= 0.3 is 5.97 Å². The van der Waals surface area contributed by atoms with Gasteiger partial charge in [0.25, 0.3) is 0 Å². The second-order valence-corrected chi connectivity index (χ2v) is 7.09. The standard InChI is InChI=1S/C22H25N3O4/c1-15(23)21(27)24-18-12-11-17-9-5-6-10-19(17)25(22(18)28)13-20(26)29-14-16-7-3-2-4-8-16/h2-10,15,18H,11-14,23H2,1H3,(H,24,27)/t15-,18-/m0/s1. The molecule has 2 atom stereocenters. The molecule has 152 valence electrons. The summed E-state index contributed by atoms with van der Waals surface area (Å²) in [5, 5.41) is 2.70. The van der Waals surface area contributed by atoms with Crippen LogP contribution in [0, 0.1) is 0 Å². The Hall–Kier alpha value is -3.19. The van der Waals surface area contributed by atoms with Crippen molar-refractivity contribution in [3.63, 3.8) is 0 Å². The van der Waals surface area contributed by atoms with Crippen molar-refractivity contribution in [1.82, 2.24) is 5.32 Å². The number of carbonyl (C=O) groups is 3. The molecule has 29 heavy (non-hydrogen) atoms. The lowest BCUT2D eigenvalue weighted by Crippen LogP contribution is -2.52. The number of esters is 1. The van der Waals surface area contributed by atoms with Crippen molar-refractivity contribution in [1.29, 1.82) is 0 Å². The fourth-order valence-corrected chi connectivity index (χ4v) is 3.23. The lowest BCUT2D eigenvalue weighted by atomic mass is 10.1. The zero-order valence-electron chi connectivity index (χ0n) is 16.3. The van der Waals surface area contributed by atoms with Crippen LogP contribution in [0.2, 0.25) is 0 Å². The van der Waals surface area contributed by atoms with Crippen LogP contribution < -0.4 is 16.0 Å². The summed E-state index contributed by atoms with van der Waals surface area (Å²) >= 11 is 0. The maximum Gasteiger partial charge on any atom is 0.326 e. The zero-order chi connectivity index (χ0) is 20.8. The van der Waals surface area contributed by atoms with E-state index >= 15 is 0 Å². The van der Waals surface area contributed by atoms with Crippen LogP contribution >= 0.6 is 0 Å². The average molecular weight is 395 g/mol. The Balaban J connectivity index is 1.76. The van der Waals surface area contributed by atoms with Crippen molar-refractivity contribution in [2.75, 3.05) is 11.4 Å².